The third-order valence-corrected chi connectivity index (χ3v) is 3.16. The molecule has 0 saturated heterocycles. The van der Waals surface area contributed by atoms with Gasteiger partial charge in [0, 0.05) is 5.56 Å². The quantitative estimate of drug-likeness (QED) is 0.725. The summed E-state index contributed by atoms with van der Waals surface area (Å²) in [6, 6.07) is 6.15. The highest BCUT2D eigenvalue weighted by atomic mass is 35.5. The molecule has 0 fully saturated rings. The van der Waals surface area contributed by atoms with Crippen molar-refractivity contribution in [3.05, 3.63) is 45.4 Å². The Morgan fingerprint density at radius 1 is 1.40 bits per heavy atom. The van der Waals surface area contributed by atoms with Crippen molar-refractivity contribution in [2.75, 3.05) is 0 Å². The standard InChI is InChI=1S/C11H6ClFOS/c12-9-2-1-3-10(13)11(9)7-4-8(5-14)15-6-7/h1-6H. The van der Waals surface area contributed by atoms with Crippen molar-refractivity contribution in [1.29, 1.82) is 0 Å². The van der Waals surface area contributed by atoms with Gasteiger partial charge in [0.15, 0.2) is 6.29 Å². The van der Waals surface area contributed by atoms with Crippen molar-refractivity contribution in [3.8, 4) is 11.1 Å². The predicted octanol–water partition coefficient (Wildman–Crippen LogP) is 4.02. The van der Waals surface area contributed by atoms with E-state index in [9.17, 15) is 9.18 Å². The number of benzene rings is 1. The first-order valence-electron chi connectivity index (χ1n) is 4.20. The fourth-order valence-corrected chi connectivity index (χ4v) is 2.29. The maximum Gasteiger partial charge on any atom is 0.160 e. The highest BCUT2D eigenvalue weighted by Crippen LogP contribution is 2.32. The molecule has 0 aliphatic carbocycles. The number of carbonyl (C=O) groups excluding carboxylic acids is 1. The van der Waals surface area contributed by atoms with E-state index in [4.69, 9.17) is 11.6 Å². The predicted molar refractivity (Wildman–Crippen MR) is 60.1 cm³/mol. The van der Waals surface area contributed by atoms with Gasteiger partial charge >= 0.3 is 0 Å². The van der Waals surface area contributed by atoms with Crippen LogP contribution in [-0.4, -0.2) is 6.29 Å². The Hall–Kier alpha value is -1.19. The second-order valence-electron chi connectivity index (χ2n) is 2.95. The molecule has 1 nitrogen and oxygen atoms in total. The van der Waals surface area contributed by atoms with Crippen molar-refractivity contribution < 1.29 is 9.18 Å². The summed E-state index contributed by atoms with van der Waals surface area (Å²) in [7, 11) is 0. The molecule has 0 aliphatic rings. The van der Waals surface area contributed by atoms with Crippen LogP contribution in [-0.2, 0) is 0 Å². The van der Waals surface area contributed by atoms with Crippen LogP contribution in [0.4, 0.5) is 4.39 Å². The molecule has 0 atom stereocenters. The van der Waals surface area contributed by atoms with Gasteiger partial charge in [-0.3, -0.25) is 4.79 Å². The summed E-state index contributed by atoms with van der Waals surface area (Å²) in [5.74, 6) is -0.377. The van der Waals surface area contributed by atoms with E-state index in [1.807, 2.05) is 0 Å². The second-order valence-corrected chi connectivity index (χ2v) is 4.30. The molecule has 0 aliphatic heterocycles. The van der Waals surface area contributed by atoms with E-state index in [1.165, 1.54) is 17.4 Å². The van der Waals surface area contributed by atoms with Gasteiger partial charge in [-0.25, -0.2) is 4.39 Å². The Balaban J connectivity index is 2.58. The van der Waals surface area contributed by atoms with Gasteiger partial charge in [-0.15, -0.1) is 11.3 Å². The van der Waals surface area contributed by atoms with Crippen molar-refractivity contribution >= 4 is 29.2 Å². The van der Waals surface area contributed by atoms with Gasteiger partial charge in [-0.2, -0.15) is 0 Å². The number of rotatable bonds is 2. The van der Waals surface area contributed by atoms with Crippen molar-refractivity contribution in [1.82, 2.24) is 0 Å². The Morgan fingerprint density at radius 2 is 2.20 bits per heavy atom. The lowest BCUT2D eigenvalue weighted by Gasteiger charge is -2.02. The minimum Gasteiger partial charge on any atom is -0.297 e. The van der Waals surface area contributed by atoms with Gasteiger partial charge in [0.25, 0.3) is 0 Å². The maximum atomic E-state index is 13.5. The molecule has 2 aromatic rings. The Kier molecular flexibility index (Phi) is 2.84. The molecule has 0 amide bonds. The summed E-state index contributed by atoms with van der Waals surface area (Å²) >= 11 is 7.16. The number of carbonyl (C=O) groups is 1. The number of hydrogen-bond donors (Lipinski definition) is 0. The number of hydrogen-bond acceptors (Lipinski definition) is 2. The van der Waals surface area contributed by atoms with Crippen LogP contribution >= 0.6 is 22.9 Å². The SMILES string of the molecule is O=Cc1cc(-c2c(F)cccc2Cl)cs1. The van der Waals surface area contributed by atoms with Crippen LogP contribution < -0.4 is 0 Å². The average Bonchev–Trinajstić information content (AvgIpc) is 2.66. The summed E-state index contributed by atoms with van der Waals surface area (Å²) in [4.78, 5) is 11.1. The van der Waals surface area contributed by atoms with Crippen LogP contribution in [0.1, 0.15) is 9.67 Å². The first kappa shape index (κ1) is 10.3. The van der Waals surface area contributed by atoms with Crippen LogP contribution in [0.3, 0.4) is 0 Å². The zero-order valence-corrected chi connectivity index (χ0v) is 9.11. The molecule has 1 aromatic carbocycles. The molecule has 0 spiro atoms. The van der Waals surface area contributed by atoms with Gasteiger partial charge in [-0.05, 0) is 29.1 Å². The van der Waals surface area contributed by atoms with Crippen LogP contribution in [0.5, 0.6) is 0 Å². The lowest BCUT2D eigenvalue weighted by molar-refractivity contribution is 0.112. The smallest absolute Gasteiger partial charge is 0.160 e. The van der Waals surface area contributed by atoms with Crippen LogP contribution in [0.2, 0.25) is 5.02 Å². The lowest BCUT2D eigenvalue weighted by atomic mass is 10.1. The molecule has 2 rings (SSSR count). The zero-order valence-electron chi connectivity index (χ0n) is 7.54. The third-order valence-electron chi connectivity index (χ3n) is 1.99. The van der Waals surface area contributed by atoms with Crippen molar-refractivity contribution in [2.45, 2.75) is 0 Å². The summed E-state index contributed by atoms with van der Waals surface area (Å²) in [5, 5.41) is 2.07. The van der Waals surface area contributed by atoms with E-state index < -0.39 is 0 Å². The molecule has 0 unspecified atom stereocenters. The van der Waals surface area contributed by atoms with Crippen LogP contribution in [0, 0.1) is 5.82 Å². The zero-order chi connectivity index (χ0) is 10.8. The summed E-state index contributed by atoms with van der Waals surface area (Å²) in [5.41, 5.74) is 0.994. The molecular formula is C11H6ClFOS. The fraction of sp³-hybridized carbons (Fsp3) is 0. The first-order chi connectivity index (χ1) is 7.22. The lowest BCUT2D eigenvalue weighted by Crippen LogP contribution is -1.83. The molecule has 4 heteroatoms. The first-order valence-corrected chi connectivity index (χ1v) is 5.46. The minimum absolute atomic E-state index is 0.350. The maximum absolute atomic E-state index is 13.5. The van der Waals surface area contributed by atoms with E-state index in [-0.39, 0.29) is 5.82 Å². The number of aldehydes is 1. The summed E-state index contributed by atoms with van der Waals surface area (Å²) in [6.07, 6.45) is 0.739. The Bertz CT molecular complexity index is 487. The molecule has 1 aromatic heterocycles. The molecule has 0 radical (unpaired) electrons. The van der Waals surface area contributed by atoms with E-state index >= 15 is 0 Å². The fourth-order valence-electron chi connectivity index (χ4n) is 1.32. The highest BCUT2D eigenvalue weighted by Gasteiger charge is 2.10. The number of thiophene rings is 1. The van der Waals surface area contributed by atoms with E-state index in [2.05, 4.69) is 0 Å². The Labute approximate surface area is 95.1 Å². The van der Waals surface area contributed by atoms with Crippen LogP contribution in [0.15, 0.2) is 29.6 Å². The largest absolute Gasteiger partial charge is 0.297 e. The van der Waals surface area contributed by atoms with Gasteiger partial charge in [0.2, 0.25) is 0 Å². The highest BCUT2D eigenvalue weighted by molar-refractivity contribution is 7.12. The molecule has 0 saturated carbocycles. The van der Waals surface area contributed by atoms with Crippen molar-refractivity contribution in [2.24, 2.45) is 0 Å². The van der Waals surface area contributed by atoms with Gasteiger partial charge in [0.05, 0.1) is 9.90 Å². The van der Waals surface area contributed by atoms with Gasteiger partial charge in [-0.1, -0.05) is 17.7 Å². The molecule has 76 valence electrons. The molecule has 15 heavy (non-hydrogen) atoms. The van der Waals surface area contributed by atoms with Crippen LogP contribution in [0.25, 0.3) is 11.1 Å². The minimum atomic E-state index is -0.377. The number of halogens is 2. The molecule has 0 bridgehead atoms. The monoisotopic (exact) mass is 240 g/mol. The third kappa shape index (κ3) is 1.94. The van der Waals surface area contributed by atoms with E-state index in [0.29, 0.717) is 21.0 Å². The topological polar surface area (TPSA) is 17.1 Å². The van der Waals surface area contributed by atoms with Gasteiger partial charge in [0.1, 0.15) is 5.82 Å². The summed E-state index contributed by atoms with van der Waals surface area (Å²) < 4.78 is 13.5. The second kappa shape index (κ2) is 4.13. The normalized spacial score (nSPS) is 10.3. The van der Waals surface area contributed by atoms with Crippen molar-refractivity contribution in [3.63, 3.8) is 0 Å². The molecule has 1 heterocycles. The molecular weight excluding hydrogens is 235 g/mol. The molecule has 0 N–H and O–H groups in total. The van der Waals surface area contributed by atoms with E-state index in [0.717, 1.165) is 6.29 Å². The summed E-state index contributed by atoms with van der Waals surface area (Å²) in [6.45, 7) is 0. The Morgan fingerprint density at radius 3 is 2.80 bits per heavy atom. The van der Waals surface area contributed by atoms with E-state index in [1.54, 1.807) is 23.6 Å². The van der Waals surface area contributed by atoms with Gasteiger partial charge < -0.3 is 0 Å². The average molecular weight is 241 g/mol.